The summed E-state index contributed by atoms with van der Waals surface area (Å²) < 4.78 is 30.8. The number of unbranched alkanes of at least 4 members (excludes halogenated alkanes) is 45. The molecule has 1 amide bonds. The van der Waals surface area contributed by atoms with E-state index in [9.17, 15) is 19.0 Å². The molecule has 472 valence electrons. The lowest BCUT2D eigenvalue weighted by Crippen LogP contribution is -2.47. The first-order chi connectivity index (χ1) is 38.9. The Kier molecular flexibility index (Phi) is 59.0. The second-order valence-electron chi connectivity index (χ2n) is 25.1. The topological polar surface area (TPSA) is 111 Å². The number of amides is 1. The van der Waals surface area contributed by atoms with E-state index in [1.807, 2.05) is 33.3 Å². The van der Waals surface area contributed by atoms with Gasteiger partial charge in [0.2, 0.25) is 5.91 Å². The minimum absolute atomic E-state index is 0.0407. The number of esters is 1. The number of carbonyl (C=O) groups is 2. The highest BCUT2D eigenvalue weighted by Crippen LogP contribution is 2.43. The van der Waals surface area contributed by atoms with E-state index in [4.69, 9.17) is 13.8 Å². The molecule has 80 heavy (non-hydrogen) atoms. The van der Waals surface area contributed by atoms with E-state index in [2.05, 4.69) is 50.4 Å². The molecule has 0 aromatic carbocycles. The molecule has 10 heteroatoms. The van der Waals surface area contributed by atoms with Gasteiger partial charge in [0.15, 0.2) is 0 Å². The highest BCUT2D eigenvalue weighted by Gasteiger charge is 2.30. The van der Waals surface area contributed by atoms with E-state index in [1.165, 1.54) is 238 Å². The standard InChI is InChI=1S/C70H135N2O7P/c1-7-10-13-16-19-22-25-28-30-31-32-33-34-35-36-37-38-39-40-41-43-44-47-50-53-56-59-62-69(73)71-67(66-78-80(75,76)77-65-64-72(4,5)6)68(61-58-55-52-49-46-27-24-21-18-15-12-9-3)79-70(74)63-60-57-54-51-48-45-42-29-26-23-20-17-14-11-8-2/h20,23,26,29,58,61,67-68H,7-19,21-22,24-25,27-28,30-57,59-60,62-66H2,1-6H3,(H-,71,73,75,76)/p+1/b23-20+,29-26+,61-58-. The zero-order valence-electron chi connectivity index (χ0n) is 54.1. The Morgan fingerprint density at radius 1 is 0.438 bits per heavy atom. The van der Waals surface area contributed by atoms with E-state index in [0.717, 1.165) is 77.0 Å². The Labute approximate surface area is 497 Å². The van der Waals surface area contributed by atoms with Crippen molar-refractivity contribution in [3.8, 4) is 0 Å². The van der Waals surface area contributed by atoms with Gasteiger partial charge in [0.05, 0.1) is 33.8 Å². The van der Waals surface area contributed by atoms with Gasteiger partial charge in [-0.2, -0.15) is 0 Å². The van der Waals surface area contributed by atoms with Crippen LogP contribution in [0.5, 0.6) is 0 Å². The summed E-state index contributed by atoms with van der Waals surface area (Å²) in [7, 11) is 1.50. The summed E-state index contributed by atoms with van der Waals surface area (Å²) in [5.41, 5.74) is 0. The van der Waals surface area contributed by atoms with Crippen LogP contribution in [0.2, 0.25) is 0 Å². The smallest absolute Gasteiger partial charge is 0.456 e. The van der Waals surface area contributed by atoms with Gasteiger partial charge in [-0.1, -0.05) is 314 Å². The zero-order chi connectivity index (χ0) is 58.6. The SMILES string of the molecule is CCCCC/C=C/C=C/CCCCCCCCC(=O)OC(/C=C\CCCCCCCCCCCC)C(COP(=O)(O)OCC[N+](C)(C)C)NC(=O)CCCCCCCCCCCCCCCCCCCCCCCCCCCCC. The number of nitrogens with zero attached hydrogens (tertiary/aromatic N) is 1. The monoisotopic (exact) mass is 1150 g/mol. The number of phosphoric acid groups is 1. The van der Waals surface area contributed by atoms with Crippen molar-refractivity contribution in [2.75, 3.05) is 40.9 Å². The molecule has 0 rings (SSSR count). The Bertz CT molecular complexity index is 1460. The second kappa shape index (κ2) is 60.4. The van der Waals surface area contributed by atoms with Gasteiger partial charge in [0.25, 0.3) is 0 Å². The summed E-state index contributed by atoms with van der Waals surface area (Å²) in [6.45, 7) is 7.03. The molecular weight excluding hydrogens is 1010 g/mol. The summed E-state index contributed by atoms with van der Waals surface area (Å²) in [6, 6.07) is -0.850. The Hall–Kier alpha value is -1.77. The van der Waals surface area contributed by atoms with Crippen LogP contribution in [-0.2, 0) is 27.9 Å². The van der Waals surface area contributed by atoms with E-state index in [0.29, 0.717) is 17.4 Å². The van der Waals surface area contributed by atoms with Crippen LogP contribution in [0.4, 0.5) is 0 Å². The molecule has 0 saturated heterocycles. The van der Waals surface area contributed by atoms with E-state index >= 15 is 0 Å². The van der Waals surface area contributed by atoms with Gasteiger partial charge in [-0.15, -0.1) is 0 Å². The molecule has 0 saturated carbocycles. The number of carbonyl (C=O) groups excluding carboxylic acids is 2. The van der Waals surface area contributed by atoms with Gasteiger partial charge in [-0.05, 0) is 57.4 Å². The molecule has 0 aliphatic carbocycles. The fourth-order valence-electron chi connectivity index (χ4n) is 10.5. The molecule has 0 aromatic heterocycles. The number of quaternary nitrogens is 1. The van der Waals surface area contributed by atoms with Crippen molar-refractivity contribution in [2.45, 2.75) is 360 Å². The van der Waals surface area contributed by atoms with Gasteiger partial charge in [0.1, 0.15) is 19.3 Å². The molecule has 0 bridgehead atoms. The van der Waals surface area contributed by atoms with Crippen LogP contribution in [0.15, 0.2) is 36.5 Å². The quantitative estimate of drug-likeness (QED) is 0.0156. The number of rotatable bonds is 64. The van der Waals surface area contributed by atoms with Crippen molar-refractivity contribution < 1.29 is 37.3 Å². The first kappa shape index (κ1) is 78.2. The van der Waals surface area contributed by atoms with Crippen molar-refractivity contribution in [1.82, 2.24) is 5.32 Å². The van der Waals surface area contributed by atoms with Crippen molar-refractivity contribution in [3.63, 3.8) is 0 Å². The lowest BCUT2D eigenvalue weighted by molar-refractivity contribution is -0.870. The second-order valence-corrected chi connectivity index (χ2v) is 26.5. The molecule has 0 radical (unpaired) electrons. The third kappa shape index (κ3) is 60.8. The van der Waals surface area contributed by atoms with Crippen molar-refractivity contribution in [3.05, 3.63) is 36.5 Å². The van der Waals surface area contributed by atoms with E-state index in [-0.39, 0.29) is 31.5 Å². The highest BCUT2D eigenvalue weighted by molar-refractivity contribution is 7.47. The molecule has 0 spiro atoms. The first-order valence-electron chi connectivity index (χ1n) is 34.8. The third-order valence-corrected chi connectivity index (χ3v) is 16.8. The van der Waals surface area contributed by atoms with Crippen molar-refractivity contribution >= 4 is 19.7 Å². The molecule has 0 aliphatic heterocycles. The fourth-order valence-corrected chi connectivity index (χ4v) is 11.2. The average molecular weight is 1150 g/mol. The lowest BCUT2D eigenvalue weighted by Gasteiger charge is -2.27. The zero-order valence-corrected chi connectivity index (χ0v) is 55.0. The average Bonchev–Trinajstić information content (AvgIpc) is 3.43. The predicted octanol–water partition coefficient (Wildman–Crippen LogP) is 21.8. The fraction of sp³-hybridized carbons (Fsp3) is 0.886. The molecule has 0 aliphatic rings. The van der Waals surface area contributed by atoms with Gasteiger partial charge >= 0.3 is 13.8 Å². The minimum atomic E-state index is -4.45. The number of likely N-dealkylation sites (N-methyl/N-ethyl adjacent to an activating group) is 1. The molecule has 9 nitrogen and oxygen atoms in total. The van der Waals surface area contributed by atoms with Gasteiger partial charge in [-0.3, -0.25) is 18.6 Å². The molecular formula is C70H136N2O7P+. The third-order valence-electron chi connectivity index (χ3n) is 15.9. The minimum Gasteiger partial charge on any atom is -0.456 e. The molecule has 2 N–H and O–H groups in total. The van der Waals surface area contributed by atoms with Crippen LogP contribution < -0.4 is 5.32 Å². The van der Waals surface area contributed by atoms with E-state index < -0.39 is 20.0 Å². The van der Waals surface area contributed by atoms with Crippen LogP contribution in [-0.4, -0.2) is 74.3 Å². The number of ether oxygens (including phenoxy) is 1. The summed E-state index contributed by atoms with van der Waals surface area (Å²) in [5, 5.41) is 3.07. The first-order valence-corrected chi connectivity index (χ1v) is 36.3. The molecule has 3 atom stereocenters. The Morgan fingerprint density at radius 2 is 0.750 bits per heavy atom. The van der Waals surface area contributed by atoms with Crippen LogP contribution in [0.1, 0.15) is 348 Å². The van der Waals surface area contributed by atoms with Gasteiger partial charge in [0, 0.05) is 12.8 Å². The maximum atomic E-state index is 13.6. The normalized spacial score (nSPS) is 13.7. The van der Waals surface area contributed by atoms with Crippen molar-refractivity contribution in [1.29, 1.82) is 0 Å². The Balaban J connectivity index is 4.97. The largest absolute Gasteiger partial charge is 0.472 e. The summed E-state index contributed by atoms with van der Waals surface area (Å²) in [5.74, 6) is -0.502. The van der Waals surface area contributed by atoms with Crippen molar-refractivity contribution in [2.24, 2.45) is 0 Å². The summed E-state index contributed by atoms with van der Waals surface area (Å²) in [6.07, 6.45) is 74.5. The van der Waals surface area contributed by atoms with Crippen LogP contribution >= 0.6 is 7.82 Å². The van der Waals surface area contributed by atoms with Gasteiger partial charge < -0.3 is 19.4 Å². The molecule has 0 fully saturated rings. The van der Waals surface area contributed by atoms with Gasteiger partial charge in [-0.25, -0.2) is 4.57 Å². The maximum Gasteiger partial charge on any atom is 0.472 e. The number of allylic oxidation sites excluding steroid dienone is 5. The van der Waals surface area contributed by atoms with Crippen LogP contribution in [0, 0.1) is 0 Å². The number of hydrogen-bond acceptors (Lipinski definition) is 6. The highest BCUT2D eigenvalue weighted by atomic mass is 31.2. The number of phosphoric ester groups is 1. The van der Waals surface area contributed by atoms with E-state index in [1.54, 1.807) is 0 Å². The van der Waals surface area contributed by atoms with Crippen LogP contribution in [0.25, 0.3) is 0 Å². The molecule has 3 unspecified atom stereocenters. The van der Waals surface area contributed by atoms with Crippen LogP contribution in [0.3, 0.4) is 0 Å². The molecule has 0 aromatic rings. The summed E-state index contributed by atoms with van der Waals surface area (Å²) in [4.78, 5) is 37.8. The lowest BCUT2D eigenvalue weighted by atomic mass is 10.0. The maximum absolute atomic E-state index is 13.6. The molecule has 0 heterocycles. The number of nitrogens with one attached hydrogen (secondary N) is 1. The predicted molar refractivity (Wildman–Crippen MR) is 346 cm³/mol. The Morgan fingerprint density at radius 3 is 1.12 bits per heavy atom. The number of hydrogen-bond donors (Lipinski definition) is 2. The summed E-state index contributed by atoms with van der Waals surface area (Å²) >= 11 is 0.